The normalized spacial score (nSPS) is 9.78. The lowest BCUT2D eigenvalue weighted by Crippen LogP contribution is -2.11. The molecule has 0 fully saturated rings. The van der Waals surface area contributed by atoms with Crippen molar-refractivity contribution in [2.24, 2.45) is 0 Å². The molecular weight excluding hydrogens is 153 g/mol. The van der Waals surface area contributed by atoms with Crippen LogP contribution in [0.5, 0.6) is 0 Å². The van der Waals surface area contributed by atoms with Gasteiger partial charge in [-0.3, -0.25) is 4.79 Å². The minimum absolute atomic E-state index is 0.382. The molecule has 54 valence electrons. The summed E-state index contributed by atoms with van der Waals surface area (Å²) in [5.41, 5.74) is 0. The zero-order valence-corrected chi connectivity index (χ0v) is 5.20. The molecule has 0 amide bonds. The lowest BCUT2D eigenvalue weighted by molar-refractivity contribution is -0.144. The van der Waals surface area contributed by atoms with E-state index in [1.807, 2.05) is 0 Å². The Morgan fingerprint density at radius 3 is 2.56 bits per heavy atom. The second-order valence-electron chi connectivity index (χ2n) is 1.21. The standard InChI is InChI=1S/C4H5ClF2O2/c5-1-4(8)9-2-3(6)7/h3H,1-2H2. The molecule has 0 aromatic carbocycles. The van der Waals surface area contributed by atoms with Crippen LogP contribution in [0.2, 0.25) is 0 Å². The van der Waals surface area contributed by atoms with Crippen LogP contribution in [-0.4, -0.2) is 24.9 Å². The van der Waals surface area contributed by atoms with Crippen molar-refractivity contribution in [2.75, 3.05) is 12.5 Å². The molecule has 0 N–H and O–H groups in total. The number of halogens is 3. The van der Waals surface area contributed by atoms with Gasteiger partial charge in [-0.15, -0.1) is 11.6 Å². The van der Waals surface area contributed by atoms with Crippen LogP contribution >= 0.6 is 11.6 Å². The zero-order valence-electron chi connectivity index (χ0n) is 4.44. The highest BCUT2D eigenvalue weighted by Gasteiger charge is 2.05. The van der Waals surface area contributed by atoms with E-state index in [2.05, 4.69) is 4.74 Å². The first-order valence-corrected chi connectivity index (χ1v) is 2.70. The van der Waals surface area contributed by atoms with E-state index in [0.29, 0.717) is 0 Å². The van der Waals surface area contributed by atoms with Crippen LogP contribution in [0.3, 0.4) is 0 Å². The molecule has 0 saturated heterocycles. The summed E-state index contributed by atoms with van der Waals surface area (Å²) in [6, 6.07) is 0. The van der Waals surface area contributed by atoms with Crippen LogP contribution in [0.25, 0.3) is 0 Å². The molecule has 0 bridgehead atoms. The second kappa shape index (κ2) is 4.49. The van der Waals surface area contributed by atoms with Crippen molar-refractivity contribution in [1.82, 2.24) is 0 Å². The van der Waals surface area contributed by atoms with Gasteiger partial charge in [-0.05, 0) is 0 Å². The number of carbonyl (C=O) groups excluding carboxylic acids is 1. The first kappa shape index (κ1) is 8.62. The zero-order chi connectivity index (χ0) is 7.28. The van der Waals surface area contributed by atoms with Crippen molar-refractivity contribution < 1.29 is 18.3 Å². The van der Waals surface area contributed by atoms with E-state index in [0.717, 1.165) is 0 Å². The molecule has 9 heavy (non-hydrogen) atoms. The largest absolute Gasteiger partial charge is 0.459 e. The van der Waals surface area contributed by atoms with Gasteiger partial charge < -0.3 is 4.74 Å². The van der Waals surface area contributed by atoms with Gasteiger partial charge in [0, 0.05) is 0 Å². The molecule has 0 rings (SSSR count). The van der Waals surface area contributed by atoms with Gasteiger partial charge in [0.15, 0.2) is 6.61 Å². The highest BCUT2D eigenvalue weighted by atomic mass is 35.5. The summed E-state index contributed by atoms with van der Waals surface area (Å²) >= 11 is 4.92. The maximum Gasteiger partial charge on any atom is 0.321 e. The number of hydrogen-bond acceptors (Lipinski definition) is 2. The van der Waals surface area contributed by atoms with Gasteiger partial charge in [0.2, 0.25) is 0 Å². The third-order valence-electron chi connectivity index (χ3n) is 0.479. The van der Waals surface area contributed by atoms with Crippen molar-refractivity contribution in [1.29, 1.82) is 0 Å². The van der Waals surface area contributed by atoms with E-state index in [-0.39, 0.29) is 5.88 Å². The number of hydrogen-bond donors (Lipinski definition) is 0. The van der Waals surface area contributed by atoms with E-state index in [1.165, 1.54) is 0 Å². The summed E-state index contributed by atoms with van der Waals surface area (Å²) in [4.78, 5) is 10.0. The van der Waals surface area contributed by atoms with Gasteiger partial charge in [-0.2, -0.15) is 0 Å². The predicted octanol–water partition coefficient (Wildman–Crippen LogP) is 1.03. The number of rotatable bonds is 3. The molecule has 0 aromatic rings. The number of alkyl halides is 3. The minimum Gasteiger partial charge on any atom is -0.459 e. The van der Waals surface area contributed by atoms with Gasteiger partial charge in [0.05, 0.1) is 0 Å². The molecule has 0 saturated carbocycles. The fourth-order valence-electron chi connectivity index (χ4n) is 0.195. The highest BCUT2D eigenvalue weighted by molar-refractivity contribution is 6.26. The molecule has 0 aromatic heterocycles. The molecule has 0 spiro atoms. The van der Waals surface area contributed by atoms with Crippen molar-refractivity contribution in [3.8, 4) is 0 Å². The monoisotopic (exact) mass is 158 g/mol. The number of esters is 1. The Bertz CT molecular complexity index is 96.6. The summed E-state index contributed by atoms with van der Waals surface area (Å²) in [6.45, 7) is -0.869. The quantitative estimate of drug-likeness (QED) is 0.453. The lowest BCUT2D eigenvalue weighted by atomic mass is 10.7. The first-order chi connectivity index (χ1) is 4.16. The molecule has 0 aliphatic rings. The van der Waals surface area contributed by atoms with Crippen LogP contribution < -0.4 is 0 Å². The van der Waals surface area contributed by atoms with Crippen molar-refractivity contribution >= 4 is 17.6 Å². The Morgan fingerprint density at radius 2 is 2.22 bits per heavy atom. The van der Waals surface area contributed by atoms with Crippen LogP contribution in [0, 0.1) is 0 Å². The third-order valence-corrected chi connectivity index (χ3v) is 0.698. The fourth-order valence-corrected chi connectivity index (χ4v) is 0.272. The van der Waals surface area contributed by atoms with Crippen molar-refractivity contribution in [2.45, 2.75) is 6.43 Å². The number of carbonyl (C=O) groups is 1. The van der Waals surface area contributed by atoms with Gasteiger partial charge in [0.1, 0.15) is 5.88 Å². The number of ether oxygens (including phenoxy) is 1. The van der Waals surface area contributed by atoms with Crippen LogP contribution in [0.15, 0.2) is 0 Å². The summed E-state index contributed by atoms with van der Waals surface area (Å²) < 4.78 is 26.4. The average molecular weight is 159 g/mol. The molecule has 0 unspecified atom stereocenters. The molecule has 2 nitrogen and oxygen atoms in total. The molecule has 0 atom stereocenters. The van der Waals surface area contributed by atoms with Crippen LogP contribution in [0.4, 0.5) is 8.78 Å². The summed E-state index contributed by atoms with van der Waals surface area (Å²) in [7, 11) is 0. The van der Waals surface area contributed by atoms with Crippen LogP contribution in [0.1, 0.15) is 0 Å². The molecular formula is C4H5ClF2O2. The topological polar surface area (TPSA) is 26.3 Å². The molecule has 0 aliphatic carbocycles. The smallest absolute Gasteiger partial charge is 0.321 e. The Balaban J connectivity index is 3.17. The Morgan fingerprint density at radius 1 is 1.67 bits per heavy atom. The SMILES string of the molecule is O=C(CCl)OCC(F)F. The van der Waals surface area contributed by atoms with Crippen LogP contribution in [-0.2, 0) is 9.53 Å². The Kier molecular flexibility index (Phi) is 4.30. The molecule has 0 heterocycles. The molecule has 0 aliphatic heterocycles. The van der Waals surface area contributed by atoms with E-state index in [1.54, 1.807) is 0 Å². The predicted molar refractivity (Wildman–Crippen MR) is 27.7 cm³/mol. The lowest BCUT2D eigenvalue weighted by Gasteiger charge is -1.98. The summed E-state index contributed by atoms with van der Waals surface area (Å²) in [6.07, 6.45) is -2.61. The second-order valence-corrected chi connectivity index (χ2v) is 1.47. The maximum atomic E-state index is 11.2. The van der Waals surface area contributed by atoms with E-state index in [9.17, 15) is 13.6 Å². The van der Waals surface area contributed by atoms with E-state index in [4.69, 9.17) is 11.6 Å². The first-order valence-electron chi connectivity index (χ1n) is 2.16. The molecule has 5 heteroatoms. The Hall–Kier alpha value is -0.380. The maximum absolute atomic E-state index is 11.2. The minimum atomic E-state index is -2.61. The summed E-state index contributed by atoms with van der Waals surface area (Å²) in [5.74, 6) is -1.20. The van der Waals surface area contributed by atoms with Gasteiger partial charge in [-0.1, -0.05) is 0 Å². The third kappa shape index (κ3) is 5.49. The highest BCUT2D eigenvalue weighted by Crippen LogP contribution is 1.93. The van der Waals surface area contributed by atoms with Gasteiger partial charge in [-0.25, -0.2) is 8.78 Å². The van der Waals surface area contributed by atoms with E-state index < -0.39 is 19.0 Å². The van der Waals surface area contributed by atoms with Gasteiger partial charge >= 0.3 is 5.97 Å². The fraction of sp³-hybridized carbons (Fsp3) is 0.750. The van der Waals surface area contributed by atoms with Gasteiger partial charge in [0.25, 0.3) is 6.43 Å². The Labute approximate surface area is 55.7 Å². The molecule has 0 radical (unpaired) electrons. The summed E-state index contributed by atoms with van der Waals surface area (Å²) in [5, 5.41) is 0. The van der Waals surface area contributed by atoms with Crippen molar-refractivity contribution in [3.63, 3.8) is 0 Å². The average Bonchev–Trinajstić information content (AvgIpc) is 1.83. The van der Waals surface area contributed by atoms with E-state index >= 15 is 0 Å². The van der Waals surface area contributed by atoms with Crippen molar-refractivity contribution in [3.05, 3.63) is 0 Å².